The molecule has 0 aliphatic rings. The van der Waals surface area contributed by atoms with Gasteiger partial charge in [-0.25, -0.2) is 26.6 Å². The smallest absolute Gasteiger partial charge is 0.249 e. The molecule has 8 heteroatoms. The van der Waals surface area contributed by atoms with Crippen molar-refractivity contribution in [3.63, 3.8) is 0 Å². The average molecular weight is 260 g/mol. The highest BCUT2D eigenvalue weighted by atomic mass is 35.7. The highest BCUT2D eigenvalue weighted by Gasteiger charge is 2.25. The van der Waals surface area contributed by atoms with Gasteiger partial charge in [-0.05, 0) is 13.0 Å². The van der Waals surface area contributed by atoms with Gasteiger partial charge < -0.3 is 0 Å². The van der Waals surface area contributed by atoms with E-state index in [9.17, 15) is 21.6 Å². The molecule has 1 aromatic heterocycles. The topological polar surface area (TPSA) is 47.0 Å². The van der Waals surface area contributed by atoms with E-state index in [1.54, 1.807) is 0 Å². The van der Waals surface area contributed by atoms with Crippen LogP contribution < -0.4 is 0 Å². The summed E-state index contributed by atoms with van der Waals surface area (Å²) in [5.74, 6) is -1.61. The van der Waals surface area contributed by atoms with Crippen LogP contribution in [0.4, 0.5) is 13.2 Å². The number of rotatable bonds is 2. The summed E-state index contributed by atoms with van der Waals surface area (Å²) < 4.78 is 59.3. The van der Waals surface area contributed by atoms with Crippen LogP contribution >= 0.6 is 10.7 Å². The molecule has 1 aromatic rings. The summed E-state index contributed by atoms with van der Waals surface area (Å²) in [6.07, 6.45) is -3.19. The molecule has 0 atom stereocenters. The molecular formula is C7H5ClF3NO2S. The van der Waals surface area contributed by atoms with E-state index < -0.39 is 31.9 Å². The standard InChI is InChI=1S/C7H5ClF3NO2S/c1-3-2-4(15(8,13)14)5(9)6(12-3)7(10)11/h2,7H,1H3. The van der Waals surface area contributed by atoms with Crippen LogP contribution in [0.15, 0.2) is 11.0 Å². The first-order valence-electron chi connectivity index (χ1n) is 3.63. The van der Waals surface area contributed by atoms with Crippen LogP contribution in [0.2, 0.25) is 0 Å². The van der Waals surface area contributed by atoms with Crippen molar-refractivity contribution < 1.29 is 21.6 Å². The minimum Gasteiger partial charge on any atom is -0.249 e. The van der Waals surface area contributed by atoms with Crippen molar-refractivity contribution >= 4 is 19.7 Å². The van der Waals surface area contributed by atoms with Gasteiger partial charge in [0, 0.05) is 16.4 Å². The first kappa shape index (κ1) is 12.3. The summed E-state index contributed by atoms with van der Waals surface area (Å²) in [7, 11) is 0.484. The zero-order valence-electron chi connectivity index (χ0n) is 7.34. The van der Waals surface area contributed by atoms with Crippen LogP contribution in [0.1, 0.15) is 17.8 Å². The van der Waals surface area contributed by atoms with Gasteiger partial charge in [0.1, 0.15) is 10.6 Å². The Morgan fingerprint density at radius 3 is 2.40 bits per heavy atom. The number of pyridine rings is 1. The van der Waals surface area contributed by atoms with Gasteiger partial charge in [-0.2, -0.15) is 0 Å². The summed E-state index contributed by atoms with van der Waals surface area (Å²) in [6.45, 7) is 1.26. The van der Waals surface area contributed by atoms with E-state index in [1.807, 2.05) is 0 Å². The van der Waals surface area contributed by atoms with Crippen molar-refractivity contribution in [1.29, 1.82) is 0 Å². The zero-order chi connectivity index (χ0) is 11.8. The van der Waals surface area contributed by atoms with E-state index in [2.05, 4.69) is 4.98 Å². The molecule has 0 saturated heterocycles. The molecule has 0 aliphatic carbocycles. The second-order valence-electron chi connectivity index (χ2n) is 2.70. The predicted molar refractivity (Wildman–Crippen MR) is 46.9 cm³/mol. The van der Waals surface area contributed by atoms with Gasteiger partial charge in [-0.3, -0.25) is 0 Å². The van der Waals surface area contributed by atoms with Crippen molar-refractivity contribution in [2.75, 3.05) is 0 Å². The van der Waals surface area contributed by atoms with E-state index in [4.69, 9.17) is 10.7 Å². The Kier molecular flexibility index (Phi) is 3.25. The molecule has 3 nitrogen and oxygen atoms in total. The molecule has 15 heavy (non-hydrogen) atoms. The highest BCUT2D eigenvalue weighted by Crippen LogP contribution is 2.27. The van der Waals surface area contributed by atoms with E-state index >= 15 is 0 Å². The van der Waals surface area contributed by atoms with Crippen LogP contribution in [0, 0.1) is 12.7 Å². The zero-order valence-corrected chi connectivity index (χ0v) is 8.91. The summed E-state index contributed by atoms with van der Waals surface area (Å²) in [6, 6.07) is 0.795. The molecule has 84 valence electrons. The maximum absolute atomic E-state index is 13.2. The van der Waals surface area contributed by atoms with Gasteiger partial charge in [-0.15, -0.1) is 0 Å². The van der Waals surface area contributed by atoms with E-state index in [-0.39, 0.29) is 5.69 Å². The van der Waals surface area contributed by atoms with Crippen LogP contribution in [0.25, 0.3) is 0 Å². The fraction of sp³-hybridized carbons (Fsp3) is 0.286. The van der Waals surface area contributed by atoms with Gasteiger partial charge in [0.2, 0.25) is 0 Å². The quantitative estimate of drug-likeness (QED) is 0.766. The van der Waals surface area contributed by atoms with Crippen LogP contribution in [0.3, 0.4) is 0 Å². The molecule has 0 bridgehead atoms. The first-order chi connectivity index (χ1) is 6.73. The lowest BCUT2D eigenvalue weighted by Crippen LogP contribution is -2.05. The number of aromatic nitrogens is 1. The fourth-order valence-corrected chi connectivity index (χ4v) is 1.94. The molecule has 1 heterocycles. The number of nitrogens with zero attached hydrogens (tertiary/aromatic N) is 1. The van der Waals surface area contributed by atoms with Gasteiger partial charge in [0.05, 0.1) is 0 Å². The third-order valence-corrected chi connectivity index (χ3v) is 2.87. The average Bonchev–Trinajstić information content (AvgIpc) is 2.06. The van der Waals surface area contributed by atoms with Gasteiger partial charge in [-0.1, -0.05) is 0 Å². The molecule has 0 radical (unpaired) electrons. The lowest BCUT2D eigenvalue weighted by Gasteiger charge is -2.05. The SMILES string of the molecule is Cc1cc(S(=O)(=O)Cl)c(F)c(C(F)F)n1. The predicted octanol–water partition coefficient (Wildman–Crippen LogP) is 2.39. The molecule has 0 amide bonds. The third-order valence-electron chi connectivity index (χ3n) is 1.55. The summed E-state index contributed by atoms with van der Waals surface area (Å²) >= 11 is 0. The largest absolute Gasteiger partial charge is 0.283 e. The number of hydrogen-bond donors (Lipinski definition) is 0. The number of aryl methyl sites for hydroxylation is 1. The summed E-state index contributed by atoms with van der Waals surface area (Å²) in [4.78, 5) is 2.22. The van der Waals surface area contributed by atoms with Crippen molar-refractivity contribution in [1.82, 2.24) is 4.98 Å². The number of alkyl halides is 2. The Hall–Kier alpha value is -0.820. The molecule has 1 rings (SSSR count). The van der Waals surface area contributed by atoms with E-state index in [1.165, 1.54) is 6.92 Å². The number of halogens is 4. The molecular weight excluding hydrogens is 255 g/mol. The van der Waals surface area contributed by atoms with Crippen molar-refractivity contribution in [2.45, 2.75) is 18.2 Å². The monoisotopic (exact) mass is 259 g/mol. The molecule has 0 fully saturated rings. The van der Waals surface area contributed by atoms with E-state index in [0.717, 1.165) is 6.07 Å². The Morgan fingerprint density at radius 1 is 1.47 bits per heavy atom. The molecule has 0 spiro atoms. The van der Waals surface area contributed by atoms with Gasteiger partial charge >= 0.3 is 0 Å². The number of hydrogen-bond acceptors (Lipinski definition) is 3. The minimum atomic E-state index is -4.39. The van der Waals surface area contributed by atoms with Crippen molar-refractivity contribution in [2.24, 2.45) is 0 Å². The lowest BCUT2D eigenvalue weighted by atomic mass is 10.3. The summed E-state index contributed by atoms with van der Waals surface area (Å²) in [5, 5.41) is 0. The molecule has 0 aromatic carbocycles. The molecule has 0 unspecified atom stereocenters. The highest BCUT2D eigenvalue weighted by molar-refractivity contribution is 8.13. The molecule has 0 aliphatic heterocycles. The lowest BCUT2D eigenvalue weighted by molar-refractivity contribution is 0.139. The van der Waals surface area contributed by atoms with Crippen LogP contribution in [-0.4, -0.2) is 13.4 Å². The van der Waals surface area contributed by atoms with Crippen LogP contribution in [-0.2, 0) is 9.05 Å². The van der Waals surface area contributed by atoms with Gasteiger partial charge in [0.25, 0.3) is 15.5 Å². The normalized spacial score (nSPS) is 12.1. The maximum atomic E-state index is 13.2. The van der Waals surface area contributed by atoms with Gasteiger partial charge in [0.15, 0.2) is 5.82 Å². The Morgan fingerprint density at radius 2 is 2.00 bits per heavy atom. The Balaban J connectivity index is 3.56. The third kappa shape index (κ3) is 2.60. The molecule has 0 saturated carbocycles. The summed E-state index contributed by atoms with van der Waals surface area (Å²) in [5.41, 5.74) is -1.26. The maximum Gasteiger partial charge on any atom is 0.283 e. The second-order valence-corrected chi connectivity index (χ2v) is 5.23. The Labute approximate surface area is 88.3 Å². The van der Waals surface area contributed by atoms with E-state index in [0.29, 0.717) is 0 Å². The minimum absolute atomic E-state index is 0.0501. The molecule has 0 N–H and O–H groups in total. The van der Waals surface area contributed by atoms with Crippen molar-refractivity contribution in [3.8, 4) is 0 Å². The fourth-order valence-electron chi connectivity index (χ4n) is 0.973. The Bertz CT molecular complexity index is 489. The second kappa shape index (κ2) is 3.97. The van der Waals surface area contributed by atoms with Crippen molar-refractivity contribution in [3.05, 3.63) is 23.3 Å². The first-order valence-corrected chi connectivity index (χ1v) is 5.94. The van der Waals surface area contributed by atoms with Crippen LogP contribution in [0.5, 0.6) is 0 Å².